The van der Waals surface area contributed by atoms with E-state index in [2.05, 4.69) is 6.58 Å². The average molecular weight is 252 g/mol. The lowest BCUT2D eigenvalue weighted by Crippen LogP contribution is -2.45. The van der Waals surface area contributed by atoms with E-state index in [0.29, 0.717) is 13.2 Å². The molecule has 0 saturated carbocycles. The molecule has 0 atom stereocenters. The highest BCUT2D eigenvalue weighted by Crippen LogP contribution is 2.19. The number of hydrogen-bond donors (Lipinski definition) is 0. The highest BCUT2D eigenvalue weighted by atomic mass is 28.4. The number of hydrogen-bond acceptors (Lipinski definition) is 3. The summed E-state index contributed by atoms with van der Waals surface area (Å²) < 4.78 is 17.1. The first-order valence-electron chi connectivity index (χ1n) is 5.83. The number of rotatable bonds is 7. The van der Waals surface area contributed by atoms with E-state index in [0.717, 1.165) is 11.3 Å². The highest BCUT2D eigenvalue weighted by molar-refractivity contribution is 6.60. The smallest absolute Gasteiger partial charge is 0.501 e. The third-order valence-electron chi connectivity index (χ3n) is 2.23. The Labute approximate surface area is 104 Å². The summed E-state index contributed by atoms with van der Waals surface area (Å²) in [4.78, 5) is 0. The predicted octanol–water partition coefficient (Wildman–Crippen LogP) is 3.35. The largest absolute Gasteiger partial charge is 0.562 e. The van der Waals surface area contributed by atoms with Crippen LogP contribution in [0.4, 0.5) is 0 Å². The molecule has 0 bridgehead atoms. The van der Waals surface area contributed by atoms with Gasteiger partial charge >= 0.3 is 8.80 Å². The van der Waals surface area contributed by atoms with Gasteiger partial charge in [-0.3, -0.25) is 0 Å². The zero-order valence-electron chi connectivity index (χ0n) is 10.7. The molecule has 1 rings (SSSR count). The Bertz CT molecular complexity index is 342. The molecule has 94 valence electrons. The van der Waals surface area contributed by atoms with Gasteiger partial charge in [0.25, 0.3) is 0 Å². The van der Waals surface area contributed by atoms with E-state index in [1.807, 2.05) is 44.7 Å². The fraction of sp³-hybridized carbons (Fsp3) is 0.385. The molecule has 1 aromatic carbocycles. The average Bonchev–Trinajstić information content (AvgIpc) is 2.30. The van der Waals surface area contributed by atoms with E-state index in [1.54, 1.807) is 6.08 Å². The van der Waals surface area contributed by atoms with Crippen molar-refractivity contribution in [2.75, 3.05) is 13.2 Å². The second-order valence-electron chi connectivity index (χ2n) is 3.60. The maximum Gasteiger partial charge on any atom is 0.562 e. The Morgan fingerprint density at radius 2 is 1.65 bits per heavy atom. The van der Waals surface area contributed by atoms with E-state index < -0.39 is 8.80 Å². The Morgan fingerprint density at radius 1 is 1.12 bits per heavy atom. The van der Waals surface area contributed by atoms with E-state index >= 15 is 0 Å². The molecule has 0 aliphatic heterocycles. The fourth-order valence-electron chi connectivity index (χ4n) is 1.51. The third-order valence-corrected chi connectivity index (χ3v) is 4.46. The summed E-state index contributed by atoms with van der Waals surface area (Å²) in [5.74, 6) is 0.770. The fourth-order valence-corrected chi connectivity index (χ4v) is 3.33. The monoisotopic (exact) mass is 252 g/mol. The molecule has 0 spiro atoms. The molecule has 0 aliphatic rings. The van der Waals surface area contributed by atoms with Crippen LogP contribution in [0.3, 0.4) is 0 Å². The summed E-state index contributed by atoms with van der Waals surface area (Å²) in [6, 6.07) is 7.71. The van der Waals surface area contributed by atoms with Gasteiger partial charge in [-0.15, -0.1) is 0 Å². The van der Waals surface area contributed by atoms with Crippen molar-refractivity contribution < 1.29 is 13.3 Å². The van der Waals surface area contributed by atoms with E-state index in [4.69, 9.17) is 13.3 Å². The first kappa shape index (κ1) is 14.0. The van der Waals surface area contributed by atoms with Crippen LogP contribution in [-0.2, 0) is 8.85 Å². The van der Waals surface area contributed by atoms with Crippen LogP contribution < -0.4 is 4.43 Å². The maximum atomic E-state index is 5.84. The molecule has 0 aliphatic carbocycles. The van der Waals surface area contributed by atoms with Crippen LogP contribution in [0, 0.1) is 0 Å². The zero-order valence-corrected chi connectivity index (χ0v) is 11.7. The van der Waals surface area contributed by atoms with Crippen LogP contribution in [0.1, 0.15) is 19.4 Å². The van der Waals surface area contributed by atoms with Gasteiger partial charge in [0.05, 0.1) is 0 Å². The minimum Gasteiger partial charge on any atom is -0.501 e. The SMILES string of the molecule is C=Cc1ccc(O[Si](C)(OCC)OCC)cc1. The minimum absolute atomic E-state index is 0.591. The molecular formula is C13H20O3Si. The van der Waals surface area contributed by atoms with Gasteiger partial charge in [-0.05, 0) is 31.5 Å². The Kier molecular flexibility index (Phi) is 5.41. The molecule has 1 aromatic rings. The lowest BCUT2D eigenvalue weighted by atomic mass is 10.2. The van der Waals surface area contributed by atoms with Crippen LogP contribution in [0.15, 0.2) is 30.8 Å². The van der Waals surface area contributed by atoms with Gasteiger partial charge in [0, 0.05) is 19.8 Å². The third kappa shape index (κ3) is 4.34. The zero-order chi connectivity index (χ0) is 12.7. The molecule has 0 radical (unpaired) electrons. The summed E-state index contributed by atoms with van der Waals surface area (Å²) in [6.45, 7) is 10.7. The number of benzene rings is 1. The first-order chi connectivity index (χ1) is 8.13. The summed E-state index contributed by atoms with van der Waals surface area (Å²) in [5, 5.41) is 0. The van der Waals surface area contributed by atoms with Gasteiger partial charge in [-0.1, -0.05) is 24.8 Å². The lowest BCUT2D eigenvalue weighted by molar-refractivity contribution is 0.124. The van der Waals surface area contributed by atoms with E-state index in [-0.39, 0.29) is 0 Å². The Hall–Kier alpha value is -1.10. The van der Waals surface area contributed by atoms with Gasteiger partial charge in [0.15, 0.2) is 0 Å². The molecular weight excluding hydrogens is 232 g/mol. The highest BCUT2D eigenvalue weighted by Gasteiger charge is 2.36. The molecule has 0 unspecified atom stereocenters. The summed E-state index contributed by atoms with van der Waals surface area (Å²) >= 11 is 0. The minimum atomic E-state index is -2.54. The van der Waals surface area contributed by atoms with Crippen LogP contribution in [0.25, 0.3) is 6.08 Å². The van der Waals surface area contributed by atoms with Crippen LogP contribution in [-0.4, -0.2) is 22.0 Å². The second-order valence-corrected chi connectivity index (χ2v) is 6.11. The second kappa shape index (κ2) is 6.59. The van der Waals surface area contributed by atoms with E-state index in [1.165, 1.54) is 0 Å². The molecule has 0 N–H and O–H groups in total. The summed E-state index contributed by atoms with van der Waals surface area (Å²) in [5.41, 5.74) is 1.06. The van der Waals surface area contributed by atoms with Crippen LogP contribution >= 0.6 is 0 Å². The molecule has 4 heteroatoms. The van der Waals surface area contributed by atoms with Crippen molar-refractivity contribution in [3.05, 3.63) is 36.4 Å². The van der Waals surface area contributed by atoms with Gasteiger partial charge in [0.1, 0.15) is 5.75 Å². The molecule has 17 heavy (non-hydrogen) atoms. The van der Waals surface area contributed by atoms with Gasteiger partial charge in [0.2, 0.25) is 0 Å². The molecule has 3 nitrogen and oxygen atoms in total. The summed E-state index contributed by atoms with van der Waals surface area (Å²) in [7, 11) is -2.54. The molecule has 0 heterocycles. The van der Waals surface area contributed by atoms with Crippen LogP contribution in [0.5, 0.6) is 5.75 Å². The van der Waals surface area contributed by atoms with Crippen molar-refractivity contribution in [3.8, 4) is 5.75 Å². The van der Waals surface area contributed by atoms with Crippen molar-refractivity contribution in [1.82, 2.24) is 0 Å². The van der Waals surface area contributed by atoms with Crippen molar-refractivity contribution in [1.29, 1.82) is 0 Å². The molecule has 0 fully saturated rings. The first-order valence-corrected chi connectivity index (χ1v) is 8.05. The molecule has 0 amide bonds. The van der Waals surface area contributed by atoms with Gasteiger partial charge < -0.3 is 13.3 Å². The van der Waals surface area contributed by atoms with Crippen molar-refractivity contribution in [2.45, 2.75) is 20.4 Å². The predicted molar refractivity (Wildman–Crippen MR) is 72.0 cm³/mol. The Balaban J connectivity index is 2.74. The lowest BCUT2D eigenvalue weighted by Gasteiger charge is -2.25. The van der Waals surface area contributed by atoms with Crippen LogP contribution in [0.2, 0.25) is 6.55 Å². The van der Waals surface area contributed by atoms with Crippen molar-refractivity contribution in [3.63, 3.8) is 0 Å². The standard InChI is InChI=1S/C13H20O3Si/c1-5-12-8-10-13(11-9-12)16-17(4,14-6-2)15-7-3/h5,8-11H,1,6-7H2,2-4H3. The quantitative estimate of drug-likeness (QED) is 0.697. The van der Waals surface area contributed by atoms with Gasteiger partial charge in [-0.25, -0.2) is 0 Å². The molecule has 0 aromatic heterocycles. The maximum absolute atomic E-state index is 5.84. The topological polar surface area (TPSA) is 27.7 Å². The van der Waals surface area contributed by atoms with E-state index in [9.17, 15) is 0 Å². The van der Waals surface area contributed by atoms with Gasteiger partial charge in [-0.2, -0.15) is 0 Å². The summed E-state index contributed by atoms with van der Waals surface area (Å²) in [6.07, 6.45) is 1.80. The van der Waals surface area contributed by atoms with Crippen molar-refractivity contribution >= 4 is 14.9 Å². The normalized spacial score (nSPS) is 11.2. The van der Waals surface area contributed by atoms with Crippen molar-refractivity contribution in [2.24, 2.45) is 0 Å². The Morgan fingerprint density at radius 3 is 2.06 bits per heavy atom. The molecule has 0 saturated heterocycles.